The van der Waals surface area contributed by atoms with Gasteiger partial charge in [-0.05, 0) is 80.2 Å². The van der Waals surface area contributed by atoms with Gasteiger partial charge in [0.25, 0.3) is 0 Å². The van der Waals surface area contributed by atoms with Gasteiger partial charge in [-0.15, -0.1) is 0 Å². The molecule has 1 aliphatic rings. The molecule has 1 heterocycles. The minimum absolute atomic E-state index is 0.208. The van der Waals surface area contributed by atoms with Crippen molar-refractivity contribution in [2.75, 3.05) is 26.2 Å². The zero-order valence-corrected chi connectivity index (χ0v) is 15.6. The van der Waals surface area contributed by atoms with Crippen molar-refractivity contribution in [1.29, 1.82) is 0 Å². The van der Waals surface area contributed by atoms with Crippen LogP contribution in [0, 0.1) is 5.92 Å². The highest BCUT2D eigenvalue weighted by atomic mass is 35.5. The lowest BCUT2D eigenvalue weighted by Gasteiger charge is -2.33. The van der Waals surface area contributed by atoms with Gasteiger partial charge in [0, 0.05) is 11.6 Å². The monoisotopic (exact) mass is 375 g/mol. The summed E-state index contributed by atoms with van der Waals surface area (Å²) in [6.45, 7) is 2.91. The molecule has 26 heavy (non-hydrogen) atoms. The Morgan fingerprint density at radius 2 is 1.69 bits per heavy atom. The Morgan fingerprint density at radius 1 is 1.04 bits per heavy atom. The molecular weight excluding hydrogens is 350 g/mol. The molecular formula is C21H26ClNO3. The van der Waals surface area contributed by atoms with E-state index in [1.165, 1.54) is 5.56 Å². The SMILES string of the molecule is Oc1ccc(OC[C@@H](O)CN2CCC(Cc3ccc(Cl)cc3)CC2)cc1. The Hall–Kier alpha value is -1.75. The Kier molecular flexibility index (Phi) is 6.78. The molecule has 0 bridgehead atoms. The summed E-state index contributed by atoms with van der Waals surface area (Å²) in [6.07, 6.45) is 2.87. The van der Waals surface area contributed by atoms with Gasteiger partial charge >= 0.3 is 0 Å². The lowest BCUT2D eigenvalue weighted by atomic mass is 9.90. The molecule has 140 valence electrons. The zero-order valence-electron chi connectivity index (χ0n) is 14.9. The number of piperidine rings is 1. The van der Waals surface area contributed by atoms with Crippen LogP contribution in [0.5, 0.6) is 11.5 Å². The molecule has 1 aliphatic heterocycles. The molecule has 0 saturated carbocycles. The fourth-order valence-corrected chi connectivity index (χ4v) is 3.54. The van der Waals surface area contributed by atoms with E-state index in [9.17, 15) is 10.2 Å². The van der Waals surface area contributed by atoms with E-state index >= 15 is 0 Å². The molecule has 0 spiro atoms. The van der Waals surface area contributed by atoms with Crippen LogP contribution >= 0.6 is 11.6 Å². The highest BCUT2D eigenvalue weighted by molar-refractivity contribution is 6.30. The number of hydrogen-bond donors (Lipinski definition) is 2. The minimum atomic E-state index is -0.517. The summed E-state index contributed by atoms with van der Waals surface area (Å²) >= 11 is 5.94. The summed E-state index contributed by atoms with van der Waals surface area (Å²) < 4.78 is 5.58. The normalized spacial score (nSPS) is 17.2. The van der Waals surface area contributed by atoms with Gasteiger partial charge in [-0.3, -0.25) is 0 Å². The highest BCUT2D eigenvalue weighted by Crippen LogP contribution is 2.23. The third-order valence-corrected chi connectivity index (χ3v) is 5.14. The van der Waals surface area contributed by atoms with Gasteiger partial charge in [0.2, 0.25) is 0 Å². The van der Waals surface area contributed by atoms with Crippen molar-refractivity contribution >= 4 is 11.6 Å². The van der Waals surface area contributed by atoms with E-state index in [1.807, 2.05) is 12.1 Å². The number of likely N-dealkylation sites (tertiary alicyclic amines) is 1. The van der Waals surface area contributed by atoms with Crippen molar-refractivity contribution in [2.24, 2.45) is 5.92 Å². The molecule has 0 radical (unpaired) electrons. The molecule has 0 amide bonds. The fraction of sp³-hybridized carbons (Fsp3) is 0.429. The number of phenols is 1. The Bertz CT molecular complexity index is 667. The van der Waals surface area contributed by atoms with Crippen molar-refractivity contribution in [3.8, 4) is 11.5 Å². The second kappa shape index (κ2) is 9.26. The summed E-state index contributed by atoms with van der Waals surface area (Å²) in [5.41, 5.74) is 1.34. The summed E-state index contributed by atoms with van der Waals surface area (Å²) in [4.78, 5) is 2.31. The molecule has 0 aliphatic carbocycles. The van der Waals surface area contributed by atoms with E-state index in [2.05, 4.69) is 17.0 Å². The van der Waals surface area contributed by atoms with Crippen molar-refractivity contribution in [3.63, 3.8) is 0 Å². The highest BCUT2D eigenvalue weighted by Gasteiger charge is 2.21. The standard InChI is InChI=1S/C21H26ClNO3/c22-18-3-1-16(2-4-18)13-17-9-11-23(12-10-17)14-20(25)15-26-21-7-5-19(24)6-8-21/h1-8,17,20,24-25H,9-15H2/t20-/m0/s1. The molecule has 1 atom stereocenters. The van der Waals surface area contributed by atoms with E-state index in [0.29, 0.717) is 18.2 Å². The molecule has 0 aromatic heterocycles. The van der Waals surface area contributed by atoms with Crippen LogP contribution in [0.25, 0.3) is 0 Å². The summed E-state index contributed by atoms with van der Waals surface area (Å²) in [5, 5.41) is 20.3. The van der Waals surface area contributed by atoms with E-state index in [1.54, 1.807) is 24.3 Å². The van der Waals surface area contributed by atoms with Gasteiger partial charge in [0.1, 0.15) is 24.2 Å². The molecule has 0 unspecified atom stereocenters. The first-order chi connectivity index (χ1) is 12.6. The second-order valence-corrected chi connectivity index (χ2v) is 7.47. The molecule has 2 N–H and O–H groups in total. The van der Waals surface area contributed by atoms with Gasteiger partial charge in [0.15, 0.2) is 0 Å². The number of β-amino-alcohol motifs (C(OH)–C–C–N with tert-alkyl or cyclic N) is 1. The number of benzene rings is 2. The molecule has 4 nitrogen and oxygen atoms in total. The van der Waals surface area contributed by atoms with Crippen LogP contribution < -0.4 is 4.74 Å². The number of halogens is 1. The molecule has 1 fully saturated rings. The first-order valence-electron chi connectivity index (χ1n) is 9.15. The summed E-state index contributed by atoms with van der Waals surface area (Å²) in [6, 6.07) is 14.7. The lowest BCUT2D eigenvalue weighted by Crippen LogP contribution is -2.41. The van der Waals surface area contributed by atoms with Crippen LogP contribution in [0.3, 0.4) is 0 Å². The van der Waals surface area contributed by atoms with Gasteiger partial charge in [0.05, 0.1) is 0 Å². The topological polar surface area (TPSA) is 52.9 Å². The van der Waals surface area contributed by atoms with Crippen molar-refractivity contribution < 1.29 is 14.9 Å². The molecule has 1 saturated heterocycles. The summed E-state index contributed by atoms with van der Waals surface area (Å²) in [5.74, 6) is 1.56. The lowest BCUT2D eigenvalue weighted by molar-refractivity contribution is 0.0550. The maximum Gasteiger partial charge on any atom is 0.119 e. The predicted octanol–water partition coefficient (Wildman–Crippen LogP) is 3.74. The van der Waals surface area contributed by atoms with E-state index in [4.69, 9.17) is 16.3 Å². The number of aromatic hydroxyl groups is 1. The fourth-order valence-electron chi connectivity index (χ4n) is 3.41. The Labute approximate surface area is 160 Å². The number of phenolic OH excluding ortho intramolecular Hbond substituents is 1. The van der Waals surface area contributed by atoms with E-state index < -0.39 is 6.10 Å². The minimum Gasteiger partial charge on any atom is -0.508 e. The quantitative estimate of drug-likeness (QED) is 0.774. The van der Waals surface area contributed by atoms with Crippen molar-refractivity contribution in [1.82, 2.24) is 4.90 Å². The van der Waals surface area contributed by atoms with Crippen LogP contribution in [-0.4, -0.2) is 47.5 Å². The first-order valence-corrected chi connectivity index (χ1v) is 9.53. The van der Waals surface area contributed by atoms with Crippen LogP contribution in [0.4, 0.5) is 0 Å². The number of aliphatic hydroxyl groups is 1. The predicted molar refractivity (Wildman–Crippen MR) is 104 cm³/mol. The van der Waals surface area contributed by atoms with Crippen molar-refractivity contribution in [2.45, 2.75) is 25.4 Å². The maximum absolute atomic E-state index is 10.2. The number of aliphatic hydroxyl groups excluding tert-OH is 1. The average Bonchev–Trinajstić information content (AvgIpc) is 2.65. The van der Waals surface area contributed by atoms with Crippen molar-refractivity contribution in [3.05, 3.63) is 59.1 Å². The molecule has 5 heteroatoms. The van der Waals surface area contributed by atoms with Gasteiger partial charge in [-0.2, -0.15) is 0 Å². The number of ether oxygens (including phenoxy) is 1. The third kappa shape index (κ3) is 5.90. The zero-order chi connectivity index (χ0) is 18.4. The molecule has 2 aromatic rings. The number of hydrogen-bond acceptors (Lipinski definition) is 4. The number of rotatable bonds is 7. The smallest absolute Gasteiger partial charge is 0.119 e. The Balaban J connectivity index is 1.36. The molecule has 2 aromatic carbocycles. The summed E-state index contributed by atoms with van der Waals surface area (Å²) in [7, 11) is 0. The van der Waals surface area contributed by atoms with Crippen LogP contribution in [0.1, 0.15) is 18.4 Å². The maximum atomic E-state index is 10.2. The van der Waals surface area contributed by atoms with Gasteiger partial charge < -0.3 is 19.8 Å². The first kappa shape index (κ1) is 19.0. The van der Waals surface area contributed by atoms with E-state index in [-0.39, 0.29) is 12.4 Å². The third-order valence-electron chi connectivity index (χ3n) is 4.89. The molecule has 3 rings (SSSR count). The van der Waals surface area contributed by atoms with Crippen LogP contribution in [0.2, 0.25) is 5.02 Å². The van der Waals surface area contributed by atoms with E-state index in [0.717, 1.165) is 37.4 Å². The van der Waals surface area contributed by atoms with Crippen LogP contribution in [-0.2, 0) is 6.42 Å². The van der Waals surface area contributed by atoms with Crippen LogP contribution in [0.15, 0.2) is 48.5 Å². The average molecular weight is 376 g/mol. The Morgan fingerprint density at radius 3 is 2.35 bits per heavy atom. The largest absolute Gasteiger partial charge is 0.508 e. The second-order valence-electron chi connectivity index (χ2n) is 7.03. The number of nitrogens with zero attached hydrogens (tertiary/aromatic N) is 1. The van der Waals surface area contributed by atoms with Gasteiger partial charge in [-0.1, -0.05) is 23.7 Å². The van der Waals surface area contributed by atoms with Gasteiger partial charge in [-0.25, -0.2) is 0 Å².